The highest BCUT2D eigenvalue weighted by atomic mass is 16.5. The number of nitrogens with one attached hydrogen (secondary N) is 1. The van der Waals surface area contributed by atoms with E-state index in [0.717, 1.165) is 24.2 Å². The van der Waals surface area contributed by atoms with Crippen molar-refractivity contribution >= 4 is 0 Å². The second-order valence-electron chi connectivity index (χ2n) is 4.25. The Morgan fingerprint density at radius 3 is 2.59 bits per heavy atom. The van der Waals surface area contributed by atoms with Crippen LogP contribution in [0.2, 0.25) is 0 Å². The summed E-state index contributed by atoms with van der Waals surface area (Å²) in [6.45, 7) is 9.50. The number of ether oxygens (including phenoxy) is 1. The van der Waals surface area contributed by atoms with Gasteiger partial charge in [-0.25, -0.2) is 9.97 Å². The standard InChI is InChI=1S/C13H23N3O/c1-6-11(10(4)14-7-2)12-9(3)13(17-5)16-8-15-12/h8,10-11,14H,6-7H2,1-5H3. The summed E-state index contributed by atoms with van der Waals surface area (Å²) in [4.78, 5) is 8.56. The van der Waals surface area contributed by atoms with Gasteiger partial charge in [-0.1, -0.05) is 13.8 Å². The zero-order valence-corrected chi connectivity index (χ0v) is 11.4. The van der Waals surface area contributed by atoms with Crippen LogP contribution in [-0.2, 0) is 0 Å². The van der Waals surface area contributed by atoms with Crippen LogP contribution in [0.5, 0.6) is 5.88 Å². The maximum Gasteiger partial charge on any atom is 0.219 e. The van der Waals surface area contributed by atoms with Crippen molar-refractivity contribution in [1.29, 1.82) is 0 Å². The molecule has 0 aliphatic heterocycles. The van der Waals surface area contributed by atoms with Crippen LogP contribution in [0.1, 0.15) is 44.4 Å². The van der Waals surface area contributed by atoms with Crippen LogP contribution in [0.3, 0.4) is 0 Å². The smallest absolute Gasteiger partial charge is 0.219 e. The first-order valence-electron chi connectivity index (χ1n) is 6.24. The first-order chi connectivity index (χ1) is 8.15. The molecule has 2 unspecified atom stereocenters. The maximum absolute atomic E-state index is 5.25. The molecular formula is C13H23N3O. The van der Waals surface area contributed by atoms with Gasteiger partial charge in [0.15, 0.2) is 0 Å². The summed E-state index contributed by atoms with van der Waals surface area (Å²) in [6.07, 6.45) is 2.64. The number of aromatic nitrogens is 2. The van der Waals surface area contributed by atoms with Gasteiger partial charge in [-0.3, -0.25) is 0 Å². The largest absolute Gasteiger partial charge is 0.481 e. The third-order valence-corrected chi connectivity index (χ3v) is 3.19. The maximum atomic E-state index is 5.25. The highest BCUT2D eigenvalue weighted by molar-refractivity contribution is 5.31. The van der Waals surface area contributed by atoms with Crippen LogP contribution in [0.4, 0.5) is 0 Å². The lowest BCUT2D eigenvalue weighted by Gasteiger charge is -2.24. The lowest BCUT2D eigenvalue weighted by Crippen LogP contribution is -2.32. The molecule has 0 amide bonds. The second-order valence-corrected chi connectivity index (χ2v) is 4.25. The van der Waals surface area contributed by atoms with Gasteiger partial charge in [-0.05, 0) is 26.8 Å². The first-order valence-corrected chi connectivity index (χ1v) is 6.24. The zero-order valence-electron chi connectivity index (χ0n) is 11.4. The minimum atomic E-state index is 0.395. The molecule has 0 bridgehead atoms. The summed E-state index contributed by atoms with van der Waals surface area (Å²) in [7, 11) is 1.65. The van der Waals surface area contributed by atoms with E-state index in [1.54, 1.807) is 13.4 Å². The summed E-state index contributed by atoms with van der Waals surface area (Å²) >= 11 is 0. The predicted octanol–water partition coefficient (Wildman–Crippen LogP) is 2.29. The Balaban J connectivity index is 3.03. The summed E-state index contributed by atoms with van der Waals surface area (Å²) in [6, 6.07) is 0.406. The minimum Gasteiger partial charge on any atom is -0.481 e. The monoisotopic (exact) mass is 237 g/mol. The molecule has 1 rings (SSSR count). The fourth-order valence-corrected chi connectivity index (χ4v) is 2.27. The number of rotatable bonds is 6. The van der Waals surface area contributed by atoms with Crippen LogP contribution in [0.25, 0.3) is 0 Å². The summed E-state index contributed by atoms with van der Waals surface area (Å²) in [5.74, 6) is 1.07. The number of likely N-dealkylation sites (N-methyl/N-ethyl adjacent to an activating group) is 1. The average molecular weight is 237 g/mol. The van der Waals surface area contributed by atoms with E-state index in [-0.39, 0.29) is 0 Å². The van der Waals surface area contributed by atoms with Crippen molar-refractivity contribution in [3.05, 3.63) is 17.6 Å². The summed E-state index contributed by atoms with van der Waals surface area (Å²) in [5.41, 5.74) is 2.14. The quantitative estimate of drug-likeness (QED) is 0.824. The molecule has 1 aromatic heterocycles. The molecule has 0 spiro atoms. The average Bonchev–Trinajstić information content (AvgIpc) is 2.32. The van der Waals surface area contributed by atoms with Gasteiger partial charge in [0.1, 0.15) is 6.33 Å². The fourth-order valence-electron chi connectivity index (χ4n) is 2.27. The highest BCUT2D eigenvalue weighted by Gasteiger charge is 2.21. The molecule has 0 aliphatic carbocycles. The minimum absolute atomic E-state index is 0.395. The van der Waals surface area contributed by atoms with E-state index in [0.29, 0.717) is 17.8 Å². The molecule has 1 heterocycles. The lowest BCUT2D eigenvalue weighted by atomic mass is 9.92. The summed E-state index contributed by atoms with van der Waals surface area (Å²) in [5, 5.41) is 3.46. The Morgan fingerprint density at radius 2 is 2.06 bits per heavy atom. The van der Waals surface area contributed by atoms with E-state index in [1.807, 2.05) is 6.92 Å². The van der Waals surface area contributed by atoms with Gasteiger partial charge in [0.05, 0.1) is 12.8 Å². The molecular weight excluding hydrogens is 214 g/mol. The topological polar surface area (TPSA) is 47.0 Å². The van der Waals surface area contributed by atoms with E-state index in [1.165, 1.54) is 0 Å². The molecule has 0 aromatic carbocycles. The normalized spacial score (nSPS) is 14.4. The molecule has 0 aliphatic rings. The van der Waals surface area contributed by atoms with Crippen molar-refractivity contribution in [2.45, 2.75) is 46.1 Å². The van der Waals surface area contributed by atoms with E-state index in [9.17, 15) is 0 Å². The Kier molecular flexibility index (Phi) is 5.35. The fraction of sp³-hybridized carbons (Fsp3) is 0.692. The van der Waals surface area contributed by atoms with Crippen LogP contribution in [0.15, 0.2) is 6.33 Å². The Bertz CT molecular complexity index is 355. The highest BCUT2D eigenvalue weighted by Crippen LogP contribution is 2.27. The zero-order chi connectivity index (χ0) is 12.8. The van der Waals surface area contributed by atoms with Crippen molar-refractivity contribution in [3.8, 4) is 5.88 Å². The molecule has 0 radical (unpaired) electrons. The lowest BCUT2D eigenvalue weighted by molar-refractivity contribution is 0.387. The van der Waals surface area contributed by atoms with Crippen LogP contribution in [-0.4, -0.2) is 29.7 Å². The third-order valence-electron chi connectivity index (χ3n) is 3.19. The molecule has 4 nitrogen and oxygen atoms in total. The van der Waals surface area contributed by atoms with Gasteiger partial charge in [-0.15, -0.1) is 0 Å². The van der Waals surface area contributed by atoms with Gasteiger partial charge >= 0.3 is 0 Å². The van der Waals surface area contributed by atoms with Crippen molar-refractivity contribution in [1.82, 2.24) is 15.3 Å². The Morgan fingerprint density at radius 1 is 1.35 bits per heavy atom. The van der Waals surface area contributed by atoms with Crippen LogP contribution in [0, 0.1) is 6.92 Å². The molecule has 4 heteroatoms. The molecule has 0 saturated carbocycles. The molecule has 0 fully saturated rings. The van der Waals surface area contributed by atoms with E-state index in [4.69, 9.17) is 4.74 Å². The number of hydrogen-bond donors (Lipinski definition) is 1. The van der Waals surface area contributed by atoms with Crippen molar-refractivity contribution in [2.24, 2.45) is 0 Å². The predicted molar refractivity (Wildman–Crippen MR) is 69.5 cm³/mol. The number of methoxy groups -OCH3 is 1. The van der Waals surface area contributed by atoms with E-state index < -0.39 is 0 Å². The molecule has 96 valence electrons. The number of hydrogen-bond acceptors (Lipinski definition) is 4. The van der Waals surface area contributed by atoms with E-state index in [2.05, 4.69) is 36.1 Å². The van der Waals surface area contributed by atoms with Crippen molar-refractivity contribution < 1.29 is 4.74 Å². The third kappa shape index (κ3) is 3.16. The molecule has 0 saturated heterocycles. The van der Waals surface area contributed by atoms with Crippen LogP contribution < -0.4 is 10.1 Å². The molecule has 2 atom stereocenters. The Labute approximate surface area is 104 Å². The molecule has 1 N–H and O–H groups in total. The SMILES string of the molecule is CCNC(C)C(CC)c1ncnc(OC)c1C. The molecule has 17 heavy (non-hydrogen) atoms. The van der Waals surface area contributed by atoms with Gasteiger partial charge in [0.25, 0.3) is 0 Å². The van der Waals surface area contributed by atoms with Crippen molar-refractivity contribution in [3.63, 3.8) is 0 Å². The van der Waals surface area contributed by atoms with E-state index >= 15 is 0 Å². The molecule has 1 aromatic rings. The Hall–Kier alpha value is -1.16. The van der Waals surface area contributed by atoms with Gasteiger partial charge < -0.3 is 10.1 Å². The summed E-state index contributed by atoms with van der Waals surface area (Å²) < 4.78 is 5.25. The first kappa shape index (κ1) is 13.9. The second kappa shape index (κ2) is 6.55. The number of nitrogens with zero attached hydrogens (tertiary/aromatic N) is 2. The van der Waals surface area contributed by atoms with Gasteiger partial charge in [-0.2, -0.15) is 0 Å². The van der Waals surface area contributed by atoms with Crippen molar-refractivity contribution in [2.75, 3.05) is 13.7 Å². The van der Waals surface area contributed by atoms with Crippen LogP contribution >= 0.6 is 0 Å². The van der Waals surface area contributed by atoms with Gasteiger partial charge in [0.2, 0.25) is 5.88 Å². The van der Waals surface area contributed by atoms with Gasteiger partial charge in [0, 0.05) is 17.5 Å².